The lowest BCUT2D eigenvalue weighted by atomic mass is 9.81. The Balaban J connectivity index is 2.45. The standard InChI is InChI=1S/C14H20BrFN2O3S/c1-14(2)8-18(5-4-13(14)17)22(19,20)12-7-10(16)9(15)6-11(12)21-3/h6-7,13H,4-5,8,17H2,1-3H3. The summed E-state index contributed by atoms with van der Waals surface area (Å²) in [4.78, 5) is -0.165. The molecule has 2 rings (SSSR count). The Morgan fingerprint density at radius 2 is 2.09 bits per heavy atom. The molecule has 1 fully saturated rings. The van der Waals surface area contributed by atoms with Crippen LogP contribution < -0.4 is 10.5 Å². The number of hydrogen-bond acceptors (Lipinski definition) is 4. The number of nitrogens with two attached hydrogens (primary N) is 1. The van der Waals surface area contributed by atoms with Crippen LogP contribution in [-0.4, -0.2) is 39.0 Å². The molecule has 0 bridgehead atoms. The summed E-state index contributed by atoms with van der Waals surface area (Å²) in [6.45, 7) is 4.46. The molecule has 0 radical (unpaired) electrons. The zero-order valence-corrected chi connectivity index (χ0v) is 15.2. The molecule has 5 nitrogen and oxygen atoms in total. The minimum Gasteiger partial charge on any atom is -0.495 e. The van der Waals surface area contributed by atoms with E-state index in [4.69, 9.17) is 10.5 Å². The lowest BCUT2D eigenvalue weighted by Gasteiger charge is -2.41. The van der Waals surface area contributed by atoms with Gasteiger partial charge in [-0.05, 0) is 39.9 Å². The maximum Gasteiger partial charge on any atom is 0.246 e. The monoisotopic (exact) mass is 394 g/mol. The molecule has 2 N–H and O–H groups in total. The average Bonchev–Trinajstić information content (AvgIpc) is 2.44. The minimum atomic E-state index is -3.85. The Kier molecular flexibility index (Phi) is 4.87. The molecule has 0 spiro atoms. The van der Waals surface area contributed by atoms with Gasteiger partial charge >= 0.3 is 0 Å². The van der Waals surface area contributed by atoms with Crippen LogP contribution in [0.2, 0.25) is 0 Å². The summed E-state index contributed by atoms with van der Waals surface area (Å²) < 4.78 is 46.1. The van der Waals surface area contributed by atoms with Crippen molar-refractivity contribution in [2.24, 2.45) is 11.1 Å². The first-order valence-corrected chi connectivity index (χ1v) is 9.11. The minimum absolute atomic E-state index is 0.0671. The van der Waals surface area contributed by atoms with Crippen LogP contribution in [0, 0.1) is 11.2 Å². The van der Waals surface area contributed by atoms with Gasteiger partial charge in [-0.2, -0.15) is 4.31 Å². The van der Waals surface area contributed by atoms with Crippen LogP contribution in [0.15, 0.2) is 21.5 Å². The van der Waals surface area contributed by atoms with Gasteiger partial charge in [0.05, 0.1) is 11.6 Å². The second-order valence-electron chi connectivity index (χ2n) is 6.14. The van der Waals surface area contributed by atoms with Crippen LogP contribution in [-0.2, 0) is 10.0 Å². The van der Waals surface area contributed by atoms with Crippen LogP contribution in [0.1, 0.15) is 20.3 Å². The van der Waals surface area contributed by atoms with Gasteiger partial charge in [0.25, 0.3) is 0 Å². The molecule has 124 valence electrons. The zero-order valence-electron chi connectivity index (χ0n) is 12.8. The maximum absolute atomic E-state index is 13.8. The lowest BCUT2D eigenvalue weighted by molar-refractivity contribution is 0.155. The highest BCUT2D eigenvalue weighted by Crippen LogP contribution is 2.36. The Hall–Kier alpha value is -0.700. The number of sulfonamides is 1. The van der Waals surface area contributed by atoms with Crippen molar-refractivity contribution < 1.29 is 17.5 Å². The summed E-state index contributed by atoms with van der Waals surface area (Å²) in [5, 5.41) is 0. The molecular formula is C14H20BrFN2O3S. The van der Waals surface area contributed by atoms with Gasteiger partial charge in [0.15, 0.2) is 0 Å². The molecular weight excluding hydrogens is 375 g/mol. The van der Waals surface area contributed by atoms with Gasteiger partial charge in [0.2, 0.25) is 10.0 Å². The molecule has 1 aliphatic heterocycles. The summed E-state index contributed by atoms with van der Waals surface area (Å²) in [6, 6.07) is 2.24. The lowest BCUT2D eigenvalue weighted by Crippen LogP contribution is -2.53. The first-order chi connectivity index (χ1) is 10.1. The van der Waals surface area contributed by atoms with Gasteiger partial charge in [0.1, 0.15) is 16.5 Å². The van der Waals surface area contributed by atoms with E-state index in [2.05, 4.69) is 15.9 Å². The highest BCUT2D eigenvalue weighted by molar-refractivity contribution is 9.10. The first kappa shape index (κ1) is 17.7. The third-order valence-corrected chi connectivity index (χ3v) is 6.58. The third-order valence-electron chi connectivity index (χ3n) is 4.10. The van der Waals surface area contributed by atoms with Crippen molar-refractivity contribution in [1.29, 1.82) is 0 Å². The van der Waals surface area contributed by atoms with Crippen LogP contribution >= 0.6 is 15.9 Å². The molecule has 1 unspecified atom stereocenters. The molecule has 1 saturated heterocycles. The summed E-state index contributed by atoms with van der Waals surface area (Å²) in [7, 11) is -2.49. The molecule has 0 aromatic heterocycles. The molecule has 0 aliphatic carbocycles. The molecule has 1 atom stereocenters. The molecule has 1 aliphatic rings. The van der Waals surface area contributed by atoms with Crippen molar-refractivity contribution in [3.63, 3.8) is 0 Å². The normalized spacial score (nSPS) is 22.5. The smallest absolute Gasteiger partial charge is 0.246 e. The van der Waals surface area contributed by atoms with E-state index in [0.717, 1.165) is 6.07 Å². The largest absolute Gasteiger partial charge is 0.495 e. The van der Waals surface area contributed by atoms with Gasteiger partial charge in [-0.3, -0.25) is 0 Å². The van der Waals surface area contributed by atoms with E-state index in [9.17, 15) is 12.8 Å². The molecule has 1 aromatic carbocycles. The fourth-order valence-electron chi connectivity index (χ4n) is 2.54. The summed E-state index contributed by atoms with van der Waals surface area (Å²) in [6.07, 6.45) is 0.563. The second kappa shape index (κ2) is 6.07. The van der Waals surface area contributed by atoms with Crippen molar-refractivity contribution in [3.05, 3.63) is 22.4 Å². The molecule has 0 amide bonds. The number of piperidine rings is 1. The van der Waals surface area contributed by atoms with E-state index in [1.165, 1.54) is 17.5 Å². The van der Waals surface area contributed by atoms with Gasteiger partial charge in [0, 0.05) is 19.1 Å². The summed E-state index contributed by atoms with van der Waals surface area (Å²) in [5.74, 6) is -0.534. The van der Waals surface area contributed by atoms with E-state index in [1.807, 2.05) is 13.8 Å². The summed E-state index contributed by atoms with van der Waals surface area (Å²) >= 11 is 3.03. The Morgan fingerprint density at radius 3 is 2.64 bits per heavy atom. The third kappa shape index (κ3) is 3.15. The van der Waals surface area contributed by atoms with Crippen LogP contribution in [0.4, 0.5) is 4.39 Å². The van der Waals surface area contributed by atoms with Gasteiger partial charge < -0.3 is 10.5 Å². The van der Waals surface area contributed by atoms with E-state index >= 15 is 0 Å². The van der Waals surface area contributed by atoms with Gasteiger partial charge in [-0.15, -0.1) is 0 Å². The van der Waals surface area contributed by atoms with Crippen LogP contribution in [0.5, 0.6) is 5.75 Å². The molecule has 22 heavy (non-hydrogen) atoms. The van der Waals surface area contributed by atoms with E-state index in [1.54, 1.807) is 0 Å². The Morgan fingerprint density at radius 1 is 1.45 bits per heavy atom. The molecule has 8 heteroatoms. The van der Waals surface area contributed by atoms with E-state index < -0.39 is 15.8 Å². The van der Waals surface area contributed by atoms with Crippen molar-refractivity contribution in [2.45, 2.75) is 31.2 Å². The first-order valence-electron chi connectivity index (χ1n) is 6.88. The number of methoxy groups -OCH3 is 1. The molecule has 1 heterocycles. The van der Waals surface area contributed by atoms with Crippen LogP contribution in [0.25, 0.3) is 0 Å². The predicted molar refractivity (Wildman–Crippen MR) is 85.8 cm³/mol. The number of hydrogen-bond donors (Lipinski definition) is 1. The maximum atomic E-state index is 13.8. The van der Waals surface area contributed by atoms with E-state index in [-0.39, 0.29) is 33.1 Å². The van der Waals surface area contributed by atoms with Gasteiger partial charge in [-0.1, -0.05) is 13.8 Å². The predicted octanol–water partition coefficient (Wildman–Crippen LogP) is 2.34. The quantitative estimate of drug-likeness (QED) is 0.853. The van der Waals surface area contributed by atoms with Crippen LogP contribution in [0.3, 0.4) is 0 Å². The average molecular weight is 395 g/mol. The van der Waals surface area contributed by atoms with Crippen molar-refractivity contribution >= 4 is 26.0 Å². The number of halogens is 2. The van der Waals surface area contributed by atoms with Crippen molar-refractivity contribution in [1.82, 2.24) is 4.31 Å². The molecule has 1 aromatic rings. The number of nitrogens with zero attached hydrogens (tertiary/aromatic N) is 1. The SMILES string of the molecule is COc1cc(Br)c(F)cc1S(=O)(=O)N1CCC(N)C(C)(C)C1. The van der Waals surface area contributed by atoms with Crippen molar-refractivity contribution in [2.75, 3.05) is 20.2 Å². The second-order valence-corrected chi connectivity index (χ2v) is 8.90. The topological polar surface area (TPSA) is 72.6 Å². The Labute approximate surface area is 138 Å². The van der Waals surface area contributed by atoms with Gasteiger partial charge in [-0.25, -0.2) is 12.8 Å². The number of benzene rings is 1. The Bertz CT molecular complexity index is 679. The van der Waals surface area contributed by atoms with E-state index in [0.29, 0.717) is 13.0 Å². The van der Waals surface area contributed by atoms with Crippen molar-refractivity contribution in [3.8, 4) is 5.75 Å². The number of rotatable bonds is 3. The fraction of sp³-hybridized carbons (Fsp3) is 0.571. The fourth-order valence-corrected chi connectivity index (χ4v) is 4.64. The highest BCUT2D eigenvalue weighted by Gasteiger charge is 2.40. The summed E-state index contributed by atoms with van der Waals surface area (Å²) in [5.41, 5.74) is 5.70. The highest BCUT2D eigenvalue weighted by atomic mass is 79.9. The molecule has 0 saturated carbocycles. The zero-order chi connectivity index (χ0) is 16.7. The number of ether oxygens (including phenoxy) is 1.